The average Bonchev–Trinajstić information content (AvgIpc) is 2.55. The van der Waals surface area contributed by atoms with Gasteiger partial charge in [-0.15, -0.1) is 0 Å². The Hall–Kier alpha value is -2.85. The fourth-order valence-electron chi connectivity index (χ4n) is 1.94. The van der Waals surface area contributed by atoms with Crippen molar-refractivity contribution < 1.29 is 14.8 Å². The van der Waals surface area contributed by atoms with Gasteiger partial charge < -0.3 is 9.84 Å². The minimum atomic E-state index is -0.499. The Morgan fingerprint density at radius 2 is 2.04 bits per heavy atom. The number of halogens is 1. The maximum Gasteiger partial charge on any atom is 0.269 e. The molecule has 23 heavy (non-hydrogen) atoms. The lowest BCUT2D eigenvalue weighted by atomic mass is 10.0. The van der Waals surface area contributed by atoms with Crippen LogP contribution in [0.4, 0.5) is 5.69 Å². The second-order valence-corrected chi connectivity index (χ2v) is 5.38. The molecule has 0 bridgehead atoms. The van der Waals surface area contributed by atoms with Crippen LogP contribution in [0.2, 0.25) is 0 Å². The fraction of sp³-hybridized carbons (Fsp3) is 0.0625. The molecule has 2 aromatic carbocycles. The van der Waals surface area contributed by atoms with E-state index < -0.39 is 4.92 Å². The summed E-state index contributed by atoms with van der Waals surface area (Å²) in [6.07, 6.45) is 1.61. The second-order valence-electron chi connectivity index (χ2n) is 4.53. The quantitative estimate of drug-likeness (QED) is 0.375. The van der Waals surface area contributed by atoms with Gasteiger partial charge in [0.1, 0.15) is 0 Å². The minimum absolute atomic E-state index is 0.0292. The van der Waals surface area contributed by atoms with Crippen LogP contribution in [0.1, 0.15) is 11.1 Å². The lowest BCUT2D eigenvalue weighted by Gasteiger charge is -2.07. The van der Waals surface area contributed by atoms with E-state index in [-0.39, 0.29) is 17.2 Å². The molecule has 0 aliphatic carbocycles. The van der Waals surface area contributed by atoms with E-state index in [0.717, 1.165) is 0 Å². The van der Waals surface area contributed by atoms with Gasteiger partial charge in [0.2, 0.25) is 0 Å². The zero-order chi connectivity index (χ0) is 17.0. The Morgan fingerprint density at radius 3 is 2.57 bits per heavy atom. The van der Waals surface area contributed by atoms with Crippen LogP contribution >= 0.6 is 15.9 Å². The van der Waals surface area contributed by atoms with E-state index in [9.17, 15) is 20.5 Å². The number of methoxy groups -OCH3 is 1. The lowest BCUT2D eigenvalue weighted by molar-refractivity contribution is -0.384. The molecule has 2 aromatic rings. The van der Waals surface area contributed by atoms with Crippen LogP contribution in [0.3, 0.4) is 0 Å². The normalized spacial score (nSPS) is 10.9. The number of hydrogen-bond acceptors (Lipinski definition) is 5. The Morgan fingerprint density at radius 1 is 1.39 bits per heavy atom. The number of nitro benzene ring substituents is 1. The first kappa shape index (κ1) is 16.5. The summed E-state index contributed by atoms with van der Waals surface area (Å²) in [6, 6.07) is 11.0. The van der Waals surface area contributed by atoms with Crippen molar-refractivity contribution in [3.05, 3.63) is 62.1 Å². The second kappa shape index (κ2) is 6.94. The molecule has 0 aromatic heterocycles. The summed E-state index contributed by atoms with van der Waals surface area (Å²) in [5.41, 5.74) is 1.49. The third kappa shape index (κ3) is 3.67. The van der Waals surface area contributed by atoms with Crippen molar-refractivity contribution in [3.63, 3.8) is 0 Å². The molecule has 0 radical (unpaired) electrons. The van der Waals surface area contributed by atoms with Crippen molar-refractivity contribution in [3.8, 4) is 17.6 Å². The van der Waals surface area contributed by atoms with Crippen molar-refractivity contribution in [1.82, 2.24) is 0 Å². The van der Waals surface area contributed by atoms with Gasteiger partial charge in [0.25, 0.3) is 5.69 Å². The van der Waals surface area contributed by atoms with Gasteiger partial charge in [-0.25, -0.2) is 0 Å². The molecule has 7 heteroatoms. The van der Waals surface area contributed by atoms with Crippen molar-refractivity contribution >= 4 is 33.3 Å². The van der Waals surface area contributed by atoms with Crippen molar-refractivity contribution in [1.29, 1.82) is 5.26 Å². The summed E-state index contributed by atoms with van der Waals surface area (Å²) in [7, 11) is 1.43. The molecule has 0 aliphatic rings. The zero-order valence-electron chi connectivity index (χ0n) is 12.0. The molecule has 0 saturated carbocycles. The predicted molar refractivity (Wildman–Crippen MR) is 88.9 cm³/mol. The molecule has 1 N–H and O–H groups in total. The van der Waals surface area contributed by atoms with E-state index in [1.807, 2.05) is 0 Å². The van der Waals surface area contributed by atoms with Gasteiger partial charge in [-0.3, -0.25) is 10.1 Å². The van der Waals surface area contributed by atoms with Crippen LogP contribution in [0.25, 0.3) is 11.6 Å². The van der Waals surface area contributed by atoms with Crippen molar-refractivity contribution in [2.45, 2.75) is 0 Å². The highest BCUT2D eigenvalue weighted by Crippen LogP contribution is 2.36. The summed E-state index contributed by atoms with van der Waals surface area (Å²) < 4.78 is 5.50. The van der Waals surface area contributed by atoms with Gasteiger partial charge in [-0.2, -0.15) is 5.26 Å². The number of phenols is 1. The molecule has 116 valence electrons. The summed E-state index contributed by atoms with van der Waals surface area (Å²) in [5, 5.41) is 29.8. The van der Waals surface area contributed by atoms with E-state index in [0.29, 0.717) is 21.2 Å². The van der Waals surface area contributed by atoms with Crippen LogP contribution < -0.4 is 4.74 Å². The van der Waals surface area contributed by atoms with Crippen LogP contribution in [0.5, 0.6) is 11.5 Å². The highest BCUT2D eigenvalue weighted by molar-refractivity contribution is 9.10. The third-order valence-electron chi connectivity index (χ3n) is 3.09. The number of nitro groups is 1. The SMILES string of the molecule is COc1cc(C=C(C#N)c2ccc([N+](=O)[O-])cc2)cc(Br)c1O. The highest BCUT2D eigenvalue weighted by Gasteiger charge is 2.10. The Kier molecular flexibility index (Phi) is 4.98. The van der Waals surface area contributed by atoms with E-state index >= 15 is 0 Å². The number of ether oxygens (including phenoxy) is 1. The highest BCUT2D eigenvalue weighted by atomic mass is 79.9. The number of non-ortho nitro benzene ring substituents is 1. The molecular weight excluding hydrogens is 364 g/mol. The Balaban J connectivity index is 2.45. The lowest BCUT2D eigenvalue weighted by Crippen LogP contribution is -1.89. The Bertz CT molecular complexity index is 823. The molecular formula is C16H11BrN2O4. The maximum atomic E-state index is 10.7. The molecule has 2 rings (SSSR count). The number of benzene rings is 2. The number of allylic oxidation sites excluding steroid dienone is 1. The largest absolute Gasteiger partial charge is 0.503 e. The van der Waals surface area contributed by atoms with Gasteiger partial charge in [-0.1, -0.05) is 0 Å². The average molecular weight is 375 g/mol. The number of nitriles is 1. The minimum Gasteiger partial charge on any atom is -0.503 e. The first-order chi connectivity index (χ1) is 11.0. The Labute approximate surface area is 140 Å². The van der Waals surface area contributed by atoms with E-state index in [2.05, 4.69) is 22.0 Å². The predicted octanol–water partition coefficient (Wildman–Crippen LogP) is 4.14. The molecule has 6 nitrogen and oxygen atoms in total. The van der Waals surface area contributed by atoms with Crippen LogP contribution in [0.15, 0.2) is 40.9 Å². The molecule has 0 aliphatic heterocycles. The number of nitrogens with zero attached hydrogens (tertiary/aromatic N) is 2. The van der Waals surface area contributed by atoms with Crippen LogP contribution in [-0.2, 0) is 0 Å². The molecule has 0 heterocycles. The molecule has 0 atom stereocenters. The molecule has 0 fully saturated rings. The summed E-state index contributed by atoms with van der Waals surface area (Å²) >= 11 is 3.21. The van der Waals surface area contributed by atoms with Gasteiger partial charge in [-0.05, 0) is 57.4 Å². The molecule has 0 unspecified atom stereocenters. The standard InChI is InChI=1S/C16H11BrN2O4/c1-23-15-8-10(7-14(17)16(15)20)6-12(9-18)11-2-4-13(5-3-11)19(21)22/h2-8,20H,1H3. The number of hydrogen-bond donors (Lipinski definition) is 1. The number of rotatable bonds is 4. The smallest absolute Gasteiger partial charge is 0.269 e. The maximum absolute atomic E-state index is 10.7. The first-order valence-electron chi connectivity index (χ1n) is 6.39. The fourth-order valence-corrected chi connectivity index (χ4v) is 2.40. The first-order valence-corrected chi connectivity index (χ1v) is 7.18. The van der Waals surface area contributed by atoms with E-state index in [1.165, 1.54) is 31.4 Å². The van der Waals surface area contributed by atoms with Gasteiger partial charge in [0.05, 0.1) is 28.1 Å². The van der Waals surface area contributed by atoms with Crippen LogP contribution in [0, 0.1) is 21.4 Å². The molecule has 0 amide bonds. The van der Waals surface area contributed by atoms with Crippen molar-refractivity contribution in [2.75, 3.05) is 7.11 Å². The number of phenolic OH excluding ortho intramolecular Hbond substituents is 1. The molecule has 0 saturated heterocycles. The molecule has 0 spiro atoms. The summed E-state index contributed by atoms with van der Waals surface area (Å²) in [6.45, 7) is 0. The summed E-state index contributed by atoms with van der Waals surface area (Å²) in [5.74, 6) is 0.241. The van der Waals surface area contributed by atoms with E-state index in [1.54, 1.807) is 18.2 Å². The third-order valence-corrected chi connectivity index (χ3v) is 3.70. The van der Waals surface area contributed by atoms with Crippen molar-refractivity contribution in [2.24, 2.45) is 0 Å². The monoisotopic (exact) mass is 374 g/mol. The van der Waals surface area contributed by atoms with Crippen LogP contribution in [-0.4, -0.2) is 17.1 Å². The summed E-state index contributed by atoms with van der Waals surface area (Å²) in [4.78, 5) is 10.2. The topological polar surface area (TPSA) is 96.4 Å². The van der Waals surface area contributed by atoms with Gasteiger partial charge >= 0.3 is 0 Å². The number of aromatic hydroxyl groups is 1. The van der Waals surface area contributed by atoms with E-state index in [4.69, 9.17) is 4.74 Å². The van der Waals surface area contributed by atoms with Gasteiger partial charge in [0, 0.05) is 12.1 Å². The zero-order valence-corrected chi connectivity index (χ0v) is 13.6. The van der Waals surface area contributed by atoms with Gasteiger partial charge in [0.15, 0.2) is 11.5 Å².